The highest BCUT2D eigenvalue weighted by Crippen LogP contribution is 2.37. The van der Waals surface area contributed by atoms with Crippen molar-refractivity contribution in [3.05, 3.63) is 23.3 Å². The Balaban J connectivity index is 3.32. The van der Waals surface area contributed by atoms with E-state index in [1.165, 1.54) is 39.5 Å². The number of aromatic hydroxyl groups is 1. The van der Waals surface area contributed by atoms with Crippen LogP contribution in [0, 0.1) is 11.3 Å². The number of ether oxygens (including phenoxy) is 2. The third-order valence-electron chi connectivity index (χ3n) is 2.41. The van der Waals surface area contributed by atoms with Crippen molar-refractivity contribution in [3.63, 3.8) is 0 Å². The molecule has 0 aliphatic carbocycles. The number of nitrogens with one attached hydrogen (secondary N) is 1. The Hall–Kier alpha value is -2.68. The number of amides is 1. The van der Waals surface area contributed by atoms with Crippen LogP contribution in [0.2, 0.25) is 0 Å². The zero-order chi connectivity index (χ0) is 14.4. The Morgan fingerprint density at radius 3 is 2.26 bits per heavy atom. The van der Waals surface area contributed by atoms with Crippen LogP contribution < -0.4 is 14.8 Å². The number of hydrogen-bond donors (Lipinski definition) is 2. The maximum atomic E-state index is 11.4. The van der Waals surface area contributed by atoms with Crippen LogP contribution in [0.1, 0.15) is 5.56 Å². The van der Waals surface area contributed by atoms with Gasteiger partial charge in [-0.2, -0.15) is 5.26 Å². The smallest absolute Gasteiger partial charge is 0.261 e. The lowest BCUT2D eigenvalue weighted by atomic mass is 10.1. The lowest BCUT2D eigenvalue weighted by Gasteiger charge is -2.09. The van der Waals surface area contributed by atoms with Gasteiger partial charge in [0.25, 0.3) is 5.91 Å². The zero-order valence-electron chi connectivity index (χ0n) is 10.9. The first kappa shape index (κ1) is 14.4. The van der Waals surface area contributed by atoms with Gasteiger partial charge < -0.3 is 19.9 Å². The number of nitrogens with zero attached hydrogens (tertiary/aromatic N) is 1. The second-order valence-corrected chi connectivity index (χ2v) is 3.52. The van der Waals surface area contributed by atoms with Gasteiger partial charge in [-0.05, 0) is 23.8 Å². The molecule has 1 amide bonds. The van der Waals surface area contributed by atoms with Gasteiger partial charge in [0, 0.05) is 7.05 Å². The molecule has 0 fully saturated rings. The van der Waals surface area contributed by atoms with E-state index in [0.29, 0.717) is 5.56 Å². The highest BCUT2D eigenvalue weighted by Gasteiger charge is 2.12. The lowest BCUT2D eigenvalue weighted by Crippen LogP contribution is -2.19. The molecule has 100 valence electrons. The quantitative estimate of drug-likeness (QED) is 0.625. The minimum absolute atomic E-state index is 0.0581. The largest absolute Gasteiger partial charge is 0.502 e. The minimum Gasteiger partial charge on any atom is -0.502 e. The monoisotopic (exact) mass is 262 g/mol. The van der Waals surface area contributed by atoms with Gasteiger partial charge in [-0.1, -0.05) is 0 Å². The molecule has 0 saturated carbocycles. The third-order valence-corrected chi connectivity index (χ3v) is 2.41. The van der Waals surface area contributed by atoms with Crippen LogP contribution in [0.5, 0.6) is 17.2 Å². The van der Waals surface area contributed by atoms with Gasteiger partial charge in [-0.15, -0.1) is 0 Å². The van der Waals surface area contributed by atoms with E-state index in [9.17, 15) is 9.90 Å². The second kappa shape index (κ2) is 6.31. The van der Waals surface area contributed by atoms with Gasteiger partial charge in [0.15, 0.2) is 11.5 Å². The van der Waals surface area contributed by atoms with Crippen LogP contribution >= 0.6 is 0 Å². The number of phenols is 1. The zero-order valence-corrected chi connectivity index (χ0v) is 10.9. The maximum absolute atomic E-state index is 11.4. The third kappa shape index (κ3) is 3.16. The van der Waals surface area contributed by atoms with Crippen molar-refractivity contribution >= 4 is 12.0 Å². The Morgan fingerprint density at radius 2 is 1.89 bits per heavy atom. The molecular weight excluding hydrogens is 248 g/mol. The predicted molar refractivity (Wildman–Crippen MR) is 68.9 cm³/mol. The fraction of sp³-hybridized carbons (Fsp3) is 0.231. The number of likely N-dealkylation sites (N-methyl/N-ethyl adjacent to an activating group) is 1. The van der Waals surface area contributed by atoms with E-state index in [-0.39, 0.29) is 22.8 Å². The number of carbonyl (C=O) groups excluding carboxylic acids is 1. The summed E-state index contributed by atoms with van der Waals surface area (Å²) in [4.78, 5) is 11.4. The van der Waals surface area contributed by atoms with Crippen molar-refractivity contribution in [2.75, 3.05) is 21.3 Å². The normalized spacial score (nSPS) is 10.5. The summed E-state index contributed by atoms with van der Waals surface area (Å²) in [5.41, 5.74) is 0.448. The highest BCUT2D eigenvalue weighted by molar-refractivity contribution is 6.01. The molecule has 0 aliphatic heterocycles. The molecule has 0 heterocycles. The van der Waals surface area contributed by atoms with Gasteiger partial charge >= 0.3 is 0 Å². The molecule has 0 spiro atoms. The van der Waals surface area contributed by atoms with E-state index < -0.39 is 5.91 Å². The molecule has 0 aromatic heterocycles. The number of nitriles is 1. The van der Waals surface area contributed by atoms with Crippen molar-refractivity contribution in [3.8, 4) is 23.3 Å². The standard InChI is InChI=1S/C13H14N2O4/c1-15-13(17)9(7-14)4-8-5-10(18-2)12(16)11(6-8)19-3/h4-6,16H,1-3H3,(H,15,17)/b9-4-. The molecule has 6 heteroatoms. The lowest BCUT2D eigenvalue weighted by molar-refractivity contribution is -0.116. The molecule has 6 nitrogen and oxygen atoms in total. The Morgan fingerprint density at radius 1 is 1.37 bits per heavy atom. The molecule has 1 rings (SSSR count). The predicted octanol–water partition coefficient (Wildman–Crippen LogP) is 1.06. The van der Waals surface area contributed by atoms with E-state index >= 15 is 0 Å². The first-order chi connectivity index (χ1) is 9.07. The van der Waals surface area contributed by atoms with Gasteiger partial charge in [0.2, 0.25) is 5.75 Å². The number of rotatable bonds is 4. The van der Waals surface area contributed by atoms with Crippen LogP contribution in [0.4, 0.5) is 0 Å². The fourth-order valence-electron chi connectivity index (χ4n) is 1.45. The summed E-state index contributed by atoms with van der Waals surface area (Å²) in [6.45, 7) is 0. The summed E-state index contributed by atoms with van der Waals surface area (Å²) in [5, 5.41) is 21.0. The van der Waals surface area contributed by atoms with Crippen molar-refractivity contribution in [2.45, 2.75) is 0 Å². The number of phenolic OH excluding ortho intramolecular Hbond substituents is 1. The number of carbonyl (C=O) groups is 1. The van der Waals surface area contributed by atoms with Gasteiger partial charge in [-0.25, -0.2) is 0 Å². The summed E-state index contributed by atoms with van der Waals surface area (Å²) in [6.07, 6.45) is 1.38. The fourth-order valence-corrected chi connectivity index (χ4v) is 1.45. The summed E-state index contributed by atoms with van der Waals surface area (Å²) in [7, 11) is 4.23. The van der Waals surface area contributed by atoms with Crippen molar-refractivity contribution in [1.29, 1.82) is 5.26 Å². The molecule has 0 radical (unpaired) electrons. The number of benzene rings is 1. The van der Waals surface area contributed by atoms with E-state index in [1.54, 1.807) is 6.07 Å². The number of hydrogen-bond acceptors (Lipinski definition) is 5. The van der Waals surface area contributed by atoms with E-state index in [2.05, 4.69) is 5.32 Å². The van der Waals surface area contributed by atoms with Crippen LogP contribution in [0.25, 0.3) is 6.08 Å². The minimum atomic E-state index is -0.492. The molecule has 1 aromatic rings. The SMILES string of the molecule is CNC(=O)/C(C#N)=C\c1cc(OC)c(O)c(OC)c1. The van der Waals surface area contributed by atoms with Crippen molar-refractivity contribution in [1.82, 2.24) is 5.32 Å². The average molecular weight is 262 g/mol. The Labute approximate surface area is 110 Å². The second-order valence-electron chi connectivity index (χ2n) is 3.52. The molecule has 2 N–H and O–H groups in total. The maximum Gasteiger partial charge on any atom is 0.261 e. The first-order valence-corrected chi connectivity index (χ1v) is 5.36. The molecule has 0 saturated heterocycles. The van der Waals surface area contributed by atoms with Gasteiger partial charge in [0.05, 0.1) is 14.2 Å². The van der Waals surface area contributed by atoms with Crippen LogP contribution in [0.15, 0.2) is 17.7 Å². The summed E-state index contributed by atoms with van der Waals surface area (Å²) < 4.78 is 9.97. The molecule has 0 aliphatic rings. The topological polar surface area (TPSA) is 91.6 Å². The summed E-state index contributed by atoms with van der Waals surface area (Å²) in [5.74, 6) is -0.242. The van der Waals surface area contributed by atoms with Crippen molar-refractivity contribution in [2.24, 2.45) is 0 Å². The van der Waals surface area contributed by atoms with E-state index in [4.69, 9.17) is 14.7 Å². The average Bonchev–Trinajstić information content (AvgIpc) is 2.45. The number of methoxy groups -OCH3 is 2. The molecule has 19 heavy (non-hydrogen) atoms. The highest BCUT2D eigenvalue weighted by atomic mass is 16.5. The molecule has 0 atom stereocenters. The Bertz CT molecular complexity index is 533. The molecule has 0 unspecified atom stereocenters. The van der Waals surface area contributed by atoms with Crippen LogP contribution in [-0.4, -0.2) is 32.3 Å². The summed E-state index contributed by atoms with van der Waals surface area (Å²) >= 11 is 0. The Kier molecular flexibility index (Phi) is 4.77. The van der Waals surface area contributed by atoms with E-state index in [0.717, 1.165) is 0 Å². The van der Waals surface area contributed by atoms with E-state index in [1.807, 2.05) is 0 Å². The van der Waals surface area contributed by atoms with Gasteiger partial charge in [0.1, 0.15) is 11.6 Å². The van der Waals surface area contributed by atoms with Crippen LogP contribution in [-0.2, 0) is 4.79 Å². The first-order valence-electron chi connectivity index (χ1n) is 5.36. The summed E-state index contributed by atoms with van der Waals surface area (Å²) in [6, 6.07) is 4.79. The van der Waals surface area contributed by atoms with Crippen molar-refractivity contribution < 1.29 is 19.4 Å². The van der Waals surface area contributed by atoms with Gasteiger partial charge in [-0.3, -0.25) is 4.79 Å². The van der Waals surface area contributed by atoms with Crippen LogP contribution in [0.3, 0.4) is 0 Å². The molecule has 1 aromatic carbocycles. The molecular formula is C13H14N2O4. The molecule has 0 bridgehead atoms.